The van der Waals surface area contributed by atoms with Gasteiger partial charge >= 0.3 is 0 Å². The summed E-state index contributed by atoms with van der Waals surface area (Å²) in [6.45, 7) is 6.08. The van der Waals surface area contributed by atoms with Crippen LogP contribution in [0.2, 0.25) is 0 Å². The van der Waals surface area contributed by atoms with Gasteiger partial charge in [-0.2, -0.15) is 0 Å². The molecular formula is C12H19N3OS. The van der Waals surface area contributed by atoms with E-state index in [0.29, 0.717) is 5.92 Å². The summed E-state index contributed by atoms with van der Waals surface area (Å²) in [6.07, 6.45) is 1.85. The second-order valence-corrected chi connectivity index (χ2v) is 5.60. The zero-order valence-electron chi connectivity index (χ0n) is 10.3. The van der Waals surface area contributed by atoms with Crippen LogP contribution in [0, 0.1) is 5.92 Å². The number of aromatic nitrogens is 1. The smallest absolute Gasteiger partial charge is 0.229 e. The van der Waals surface area contributed by atoms with Crippen molar-refractivity contribution in [3.8, 4) is 0 Å². The number of carbonyl (C=O) groups is 1. The minimum Gasteiger partial charge on any atom is -0.317 e. The molecule has 1 aliphatic rings. The van der Waals surface area contributed by atoms with E-state index >= 15 is 0 Å². The largest absolute Gasteiger partial charge is 0.317 e. The Morgan fingerprint density at radius 3 is 2.82 bits per heavy atom. The minimum atomic E-state index is 0.121. The number of hydrogen-bond acceptors (Lipinski definition) is 4. The van der Waals surface area contributed by atoms with E-state index in [2.05, 4.69) is 29.5 Å². The first-order chi connectivity index (χ1) is 8.16. The van der Waals surface area contributed by atoms with Crippen LogP contribution in [-0.4, -0.2) is 24.0 Å². The van der Waals surface area contributed by atoms with E-state index in [9.17, 15) is 4.79 Å². The van der Waals surface area contributed by atoms with Crippen molar-refractivity contribution in [2.24, 2.45) is 5.92 Å². The Kier molecular flexibility index (Phi) is 4.12. The molecule has 0 bridgehead atoms. The van der Waals surface area contributed by atoms with Crippen LogP contribution < -0.4 is 10.6 Å². The highest BCUT2D eigenvalue weighted by atomic mass is 32.1. The lowest BCUT2D eigenvalue weighted by molar-refractivity contribution is -0.120. The Labute approximate surface area is 106 Å². The third kappa shape index (κ3) is 3.26. The van der Waals surface area contributed by atoms with Crippen molar-refractivity contribution in [3.63, 3.8) is 0 Å². The molecule has 0 spiro atoms. The SMILES string of the molecule is CC(C)c1csc(NC(=O)C2CCNCC2)n1. The first-order valence-electron chi connectivity index (χ1n) is 6.14. The number of nitrogens with zero attached hydrogens (tertiary/aromatic N) is 1. The maximum atomic E-state index is 12.0. The first kappa shape index (κ1) is 12.5. The first-order valence-corrected chi connectivity index (χ1v) is 7.02. The van der Waals surface area contributed by atoms with Crippen LogP contribution in [0.15, 0.2) is 5.38 Å². The van der Waals surface area contributed by atoms with Gasteiger partial charge in [0.15, 0.2) is 5.13 Å². The molecule has 2 rings (SSSR count). The van der Waals surface area contributed by atoms with Gasteiger partial charge in [0.1, 0.15) is 0 Å². The van der Waals surface area contributed by atoms with E-state index in [-0.39, 0.29) is 11.8 Å². The van der Waals surface area contributed by atoms with E-state index in [1.54, 1.807) is 0 Å². The Balaban J connectivity index is 1.92. The van der Waals surface area contributed by atoms with Gasteiger partial charge < -0.3 is 10.6 Å². The predicted molar refractivity (Wildman–Crippen MR) is 70.4 cm³/mol. The zero-order valence-corrected chi connectivity index (χ0v) is 11.1. The average molecular weight is 253 g/mol. The summed E-state index contributed by atoms with van der Waals surface area (Å²) in [7, 11) is 0. The molecule has 17 heavy (non-hydrogen) atoms. The number of rotatable bonds is 3. The van der Waals surface area contributed by atoms with Gasteiger partial charge in [-0.3, -0.25) is 4.79 Å². The van der Waals surface area contributed by atoms with Crippen LogP contribution in [-0.2, 0) is 4.79 Å². The van der Waals surface area contributed by atoms with Crippen LogP contribution in [0.5, 0.6) is 0 Å². The van der Waals surface area contributed by atoms with Crippen molar-refractivity contribution in [1.29, 1.82) is 0 Å². The Bertz CT molecular complexity index is 383. The summed E-state index contributed by atoms with van der Waals surface area (Å²) in [5, 5.41) is 8.94. The molecule has 1 aromatic rings. The van der Waals surface area contributed by atoms with Crippen molar-refractivity contribution < 1.29 is 4.79 Å². The van der Waals surface area contributed by atoms with Crippen LogP contribution in [0.4, 0.5) is 5.13 Å². The van der Waals surface area contributed by atoms with Gasteiger partial charge in [-0.05, 0) is 31.8 Å². The van der Waals surface area contributed by atoms with E-state index in [0.717, 1.165) is 36.8 Å². The molecule has 0 unspecified atom stereocenters. The lowest BCUT2D eigenvalue weighted by Gasteiger charge is -2.21. The molecule has 0 aromatic carbocycles. The van der Waals surface area contributed by atoms with E-state index in [1.807, 2.05) is 5.38 Å². The fourth-order valence-electron chi connectivity index (χ4n) is 1.90. The normalized spacial score (nSPS) is 17.4. The molecule has 1 saturated heterocycles. The monoisotopic (exact) mass is 253 g/mol. The third-order valence-electron chi connectivity index (χ3n) is 3.05. The number of piperidine rings is 1. The summed E-state index contributed by atoms with van der Waals surface area (Å²) in [5.74, 6) is 0.676. The molecule has 0 aliphatic carbocycles. The summed E-state index contributed by atoms with van der Waals surface area (Å²) < 4.78 is 0. The molecule has 94 valence electrons. The summed E-state index contributed by atoms with van der Waals surface area (Å²) in [6, 6.07) is 0. The minimum absolute atomic E-state index is 0.121. The second kappa shape index (κ2) is 5.60. The molecule has 0 atom stereocenters. The Hall–Kier alpha value is -0.940. The highest BCUT2D eigenvalue weighted by molar-refractivity contribution is 7.13. The summed E-state index contributed by atoms with van der Waals surface area (Å²) in [5.41, 5.74) is 1.05. The highest BCUT2D eigenvalue weighted by Crippen LogP contribution is 2.22. The average Bonchev–Trinajstić information content (AvgIpc) is 2.79. The van der Waals surface area contributed by atoms with Gasteiger partial charge in [-0.25, -0.2) is 4.98 Å². The maximum Gasteiger partial charge on any atom is 0.229 e. The van der Waals surface area contributed by atoms with Crippen LogP contribution in [0.1, 0.15) is 38.3 Å². The van der Waals surface area contributed by atoms with Gasteiger partial charge in [0.25, 0.3) is 0 Å². The number of amides is 1. The third-order valence-corrected chi connectivity index (χ3v) is 3.83. The molecule has 0 saturated carbocycles. The summed E-state index contributed by atoms with van der Waals surface area (Å²) in [4.78, 5) is 16.4. The van der Waals surface area contributed by atoms with Crippen molar-refractivity contribution >= 4 is 22.4 Å². The number of thiazole rings is 1. The maximum absolute atomic E-state index is 12.0. The zero-order chi connectivity index (χ0) is 12.3. The Morgan fingerprint density at radius 2 is 2.24 bits per heavy atom. The molecule has 2 heterocycles. The topological polar surface area (TPSA) is 54.0 Å². The van der Waals surface area contributed by atoms with Crippen molar-refractivity contribution in [3.05, 3.63) is 11.1 Å². The number of hydrogen-bond donors (Lipinski definition) is 2. The lowest BCUT2D eigenvalue weighted by Crippen LogP contribution is -2.34. The lowest BCUT2D eigenvalue weighted by atomic mass is 9.97. The van der Waals surface area contributed by atoms with E-state index in [4.69, 9.17) is 0 Å². The van der Waals surface area contributed by atoms with Crippen molar-refractivity contribution in [2.45, 2.75) is 32.6 Å². The molecule has 0 radical (unpaired) electrons. The quantitative estimate of drug-likeness (QED) is 0.868. The summed E-state index contributed by atoms with van der Waals surface area (Å²) >= 11 is 1.51. The molecule has 5 heteroatoms. The second-order valence-electron chi connectivity index (χ2n) is 4.75. The van der Waals surface area contributed by atoms with Gasteiger partial charge in [-0.1, -0.05) is 13.8 Å². The molecule has 1 fully saturated rings. The number of carbonyl (C=O) groups excluding carboxylic acids is 1. The van der Waals surface area contributed by atoms with Crippen LogP contribution in [0.25, 0.3) is 0 Å². The molecular weight excluding hydrogens is 234 g/mol. The molecule has 1 aromatic heterocycles. The number of nitrogens with one attached hydrogen (secondary N) is 2. The van der Waals surface area contributed by atoms with Crippen molar-refractivity contribution in [2.75, 3.05) is 18.4 Å². The van der Waals surface area contributed by atoms with Gasteiger partial charge in [0, 0.05) is 11.3 Å². The van der Waals surface area contributed by atoms with Crippen molar-refractivity contribution in [1.82, 2.24) is 10.3 Å². The predicted octanol–water partition coefficient (Wildman–Crippen LogP) is 2.20. The van der Waals surface area contributed by atoms with Gasteiger partial charge in [0.05, 0.1) is 5.69 Å². The fourth-order valence-corrected chi connectivity index (χ4v) is 2.78. The standard InChI is InChI=1S/C12H19N3OS/c1-8(2)10-7-17-12(14-10)15-11(16)9-3-5-13-6-4-9/h7-9,13H,3-6H2,1-2H3,(H,14,15,16). The van der Waals surface area contributed by atoms with Crippen LogP contribution >= 0.6 is 11.3 Å². The molecule has 1 aliphatic heterocycles. The highest BCUT2D eigenvalue weighted by Gasteiger charge is 2.21. The van der Waals surface area contributed by atoms with E-state index in [1.165, 1.54) is 11.3 Å². The number of anilines is 1. The van der Waals surface area contributed by atoms with Gasteiger partial charge in [0.2, 0.25) is 5.91 Å². The Morgan fingerprint density at radius 1 is 1.53 bits per heavy atom. The van der Waals surface area contributed by atoms with Gasteiger partial charge in [-0.15, -0.1) is 11.3 Å². The fraction of sp³-hybridized carbons (Fsp3) is 0.667. The molecule has 1 amide bonds. The molecule has 4 nitrogen and oxygen atoms in total. The van der Waals surface area contributed by atoms with Crippen LogP contribution in [0.3, 0.4) is 0 Å². The molecule has 2 N–H and O–H groups in total. The van der Waals surface area contributed by atoms with E-state index < -0.39 is 0 Å².